The summed E-state index contributed by atoms with van der Waals surface area (Å²) in [6, 6.07) is 29.2. The third-order valence-electron chi connectivity index (χ3n) is 9.98. The quantitative estimate of drug-likeness (QED) is 0.113. The summed E-state index contributed by atoms with van der Waals surface area (Å²) in [6.45, 7) is 0. The van der Waals surface area contributed by atoms with E-state index in [1.54, 1.807) is 24.3 Å². The van der Waals surface area contributed by atoms with Crippen LogP contribution in [-0.4, -0.2) is 29.8 Å². The van der Waals surface area contributed by atoms with Gasteiger partial charge in [-0.1, -0.05) is 24.3 Å². The van der Waals surface area contributed by atoms with E-state index in [0.29, 0.717) is 56.1 Å². The van der Waals surface area contributed by atoms with E-state index < -0.39 is 9.85 Å². The number of nitro benzene ring substituents is 2. The van der Waals surface area contributed by atoms with Crippen molar-refractivity contribution >= 4 is 70.2 Å². The monoisotopic (exact) mass is 1030 g/mol. The highest BCUT2D eigenvalue weighted by Gasteiger charge is 2.21. The van der Waals surface area contributed by atoms with Crippen molar-refractivity contribution < 1.29 is 66.9 Å². The van der Waals surface area contributed by atoms with Crippen molar-refractivity contribution in [2.45, 2.75) is 0 Å². The van der Waals surface area contributed by atoms with Crippen LogP contribution >= 0.6 is 12.4 Å². The molecule has 0 saturated carbocycles. The molecule has 294 valence electrons. The largest absolute Gasteiger partial charge is 1.00 e. The number of halogens is 3. The van der Waals surface area contributed by atoms with Crippen LogP contribution in [0.4, 0.5) is 11.4 Å². The molecule has 7 aromatic rings. The molecule has 12 nitrogen and oxygen atoms in total. The van der Waals surface area contributed by atoms with Crippen molar-refractivity contribution in [1.82, 2.24) is 19.9 Å². The van der Waals surface area contributed by atoms with Crippen LogP contribution < -0.4 is 57.1 Å². The van der Waals surface area contributed by atoms with E-state index in [1.807, 2.05) is 133 Å². The lowest BCUT2D eigenvalue weighted by Gasteiger charge is -2.07. The third-order valence-corrected chi connectivity index (χ3v) is 9.98. The summed E-state index contributed by atoms with van der Waals surface area (Å²) in [4.78, 5) is 40.9. The number of hydrogen-bond donors (Lipinski definition) is 2. The summed E-state index contributed by atoms with van der Waals surface area (Å²) in [5.74, 6) is 0. The summed E-state index contributed by atoms with van der Waals surface area (Å²) in [5.41, 5.74) is 11.6. The molecule has 2 aromatic carbocycles. The van der Waals surface area contributed by atoms with Crippen LogP contribution in [0.25, 0.3) is 90.9 Å². The van der Waals surface area contributed by atoms with Gasteiger partial charge in [0, 0.05) is 92.9 Å². The van der Waals surface area contributed by atoms with Crippen molar-refractivity contribution in [1.29, 1.82) is 0 Å². The normalized spacial score (nSPS) is 11.3. The second-order valence-electron chi connectivity index (χ2n) is 13.6. The summed E-state index contributed by atoms with van der Waals surface area (Å²) < 4.78 is 3.91. The molecule has 0 atom stereocenters. The predicted octanol–water partition coefficient (Wildman–Crippen LogP) is 3.22. The van der Waals surface area contributed by atoms with E-state index in [9.17, 15) is 20.2 Å². The van der Waals surface area contributed by atoms with Crippen LogP contribution in [-0.2, 0) is 14.1 Å². The van der Waals surface area contributed by atoms with Crippen LogP contribution in [0.5, 0.6) is 0 Å². The molecule has 59 heavy (non-hydrogen) atoms. The molecule has 9 rings (SSSR count). The van der Waals surface area contributed by atoms with Crippen LogP contribution in [0.2, 0.25) is 0 Å². The lowest BCUT2D eigenvalue weighted by Crippen LogP contribution is -3.00. The molecule has 7 heterocycles. The molecule has 0 amide bonds. The van der Waals surface area contributed by atoms with Crippen molar-refractivity contribution in [3.8, 4) is 44.5 Å². The zero-order valence-corrected chi connectivity index (χ0v) is 36.5. The molecule has 0 spiro atoms. The number of nitrogens with zero attached hydrogens (tertiary/aromatic N) is 6. The molecule has 2 aliphatic rings. The number of aryl methyl sites for hydroxylation is 2. The molecule has 2 aliphatic heterocycles. The lowest BCUT2D eigenvalue weighted by molar-refractivity contribution is -0.671. The minimum Gasteiger partial charge on any atom is -1.00 e. The van der Waals surface area contributed by atoms with Gasteiger partial charge < -0.3 is 57.9 Å². The summed E-state index contributed by atoms with van der Waals surface area (Å²) in [7, 11) is 3.90. The van der Waals surface area contributed by atoms with Gasteiger partial charge in [0.15, 0.2) is 24.8 Å². The van der Waals surface area contributed by atoms with E-state index in [4.69, 9.17) is 9.97 Å². The molecule has 0 aliphatic carbocycles. The number of aromatic nitrogens is 6. The molecule has 0 unspecified atom stereocenters. The van der Waals surface area contributed by atoms with Gasteiger partial charge in [-0.15, -0.1) is 12.4 Å². The number of fused-ring (bicyclic) bond motifs is 8. The Morgan fingerprint density at radius 1 is 0.475 bits per heavy atom. The maximum atomic E-state index is 12.0. The van der Waals surface area contributed by atoms with E-state index in [1.165, 1.54) is 12.1 Å². The van der Waals surface area contributed by atoms with Gasteiger partial charge in [-0.25, -0.2) is 19.1 Å². The van der Waals surface area contributed by atoms with Gasteiger partial charge in [-0.3, -0.25) is 20.2 Å². The van der Waals surface area contributed by atoms with Gasteiger partial charge in [-0.05, 0) is 70.8 Å². The molecule has 15 heteroatoms. The first-order valence-corrected chi connectivity index (χ1v) is 17.8. The maximum Gasteiger partial charge on any atom is 0.270 e. The van der Waals surface area contributed by atoms with E-state index in [-0.39, 0.29) is 71.7 Å². The first kappa shape index (κ1) is 42.5. The summed E-state index contributed by atoms with van der Waals surface area (Å²) >= 11 is 0. The zero-order valence-electron chi connectivity index (χ0n) is 31.3. The fraction of sp³-hybridized carbons (Fsp3) is 0.0455. The Morgan fingerprint density at radius 3 is 1.19 bits per heavy atom. The number of aromatic amines is 2. The molecular formula is C44H33ClI2N8O4. The van der Waals surface area contributed by atoms with Crippen LogP contribution in [0.1, 0.15) is 22.8 Å². The molecule has 5 aromatic heterocycles. The predicted molar refractivity (Wildman–Crippen MR) is 224 cm³/mol. The number of H-pyrrole nitrogens is 2. The molecule has 8 bridgehead atoms. The smallest absolute Gasteiger partial charge is 0.270 e. The van der Waals surface area contributed by atoms with Gasteiger partial charge >= 0.3 is 0 Å². The first-order chi connectivity index (χ1) is 27.2. The zero-order chi connectivity index (χ0) is 38.5. The van der Waals surface area contributed by atoms with Gasteiger partial charge in [-0.2, -0.15) is 0 Å². The maximum absolute atomic E-state index is 12.0. The van der Waals surface area contributed by atoms with Gasteiger partial charge in [0.05, 0.1) is 32.6 Å². The number of nitro groups is 2. The Bertz CT molecular complexity index is 2860. The van der Waals surface area contributed by atoms with Crippen LogP contribution in [0.3, 0.4) is 0 Å². The Balaban J connectivity index is 0.00000195. The molecule has 2 N–H and O–H groups in total. The van der Waals surface area contributed by atoms with Gasteiger partial charge in [0.2, 0.25) is 0 Å². The Kier molecular flexibility index (Phi) is 12.5. The number of nitrogens with one attached hydrogen (secondary N) is 2. The minimum atomic E-state index is -0.396. The number of benzene rings is 2. The Morgan fingerprint density at radius 2 is 0.814 bits per heavy atom. The summed E-state index contributed by atoms with van der Waals surface area (Å²) in [6.07, 6.45) is 15.6. The third kappa shape index (κ3) is 8.15. The SMILES string of the molecule is C[n+]1ccc(-c2c3nc(c(-c4cccc([N+](=O)[O-])c4)c4ccc([nH]4)c(-c4cc[n+](C)cc4)c4ccc([nH]4)c(-c4cccc([N+](=O)[O-])c4)c4nc2C=C4)C=C3)cc1.Cl.[I-].[I-]. The number of hydrogen-bond acceptors (Lipinski definition) is 6. The van der Waals surface area contributed by atoms with Crippen molar-refractivity contribution in [3.05, 3.63) is 165 Å². The number of rotatable bonds is 6. The van der Waals surface area contributed by atoms with Gasteiger partial charge in [0.25, 0.3) is 11.4 Å². The average molecular weight is 1030 g/mol. The van der Waals surface area contributed by atoms with E-state index in [2.05, 4.69) is 9.97 Å². The Labute approximate surface area is 377 Å². The highest BCUT2D eigenvalue weighted by molar-refractivity contribution is 6.00. The van der Waals surface area contributed by atoms with Gasteiger partial charge in [0.1, 0.15) is 14.1 Å². The van der Waals surface area contributed by atoms with Crippen LogP contribution in [0, 0.1) is 20.2 Å². The molecule has 0 fully saturated rings. The first-order valence-electron chi connectivity index (χ1n) is 17.8. The lowest BCUT2D eigenvalue weighted by atomic mass is 10.0. The fourth-order valence-corrected chi connectivity index (χ4v) is 7.31. The van der Waals surface area contributed by atoms with E-state index in [0.717, 1.165) is 33.3 Å². The van der Waals surface area contributed by atoms with Crippen molar-refractivity contribution in [3.63, 3.8) is 0 Å². The summed E-state index contributed by atoms with van der Waals surface area (Å²) in [5, 5.41) is 23.9. The second kappa shape index (κ2) is 17.4. The Hall–Kier alpha value is -6.11. The molecule has 0 saturated heterocycles. The average Bonchev–Trinajstić information content (AvgIpc) is 4.04. The highest BCUT2D eigenvalue weighted by Crippen LogP contribution is 2.39. The highest BCUT2D eigenvalue weighted by atomic mass is 127. The molecule has 0 radical (unpaired) electrons. The fourth-order valence-electron chi connectivity index (χ4n) is 7.31. The van der Waals surface area contributed by atoms with Crippen LogP contribution in [0.15, 0.2) is 122 Å². The van der Waals surface area contributed by atoms with Crippen molar-refractivity contribution in [2.24, 2.45) is 14.1 Å². The molecular weight excluding hydrogens is 994 g/mol. The topological polar surface area (TPSA) is 151 Å². The minimum absolute atomic E-state index is 0. The standard InChI is InChI=1S/C44H31N8O4.ClH.2HI/c1-49-21-17-27(18-22-49)41-33-9-13-37(45-33)43(29-5-3-7-31(25-29)51(53)54)39-15-11-35(47-39)42(28-19-23-50(2)24-20-28)36-12-16-40(48-36)44(38-14-10-34(41)46-38)30-6-4-8-32(26-30)52(55)56;;;/h3-26H,1-2H3,(H,45,46,47,48);3*1H/q+1;;;/p-1. The number of non-ortho nitro benzene ring substituents is 2. The van der Waals surface area contributed by atoms with Crippen molar-refractivity contribution in [2.75, 3.05) is 0 Å². The second-order valence-corrected chi connectivity index (χ2v) is 13.6. The van der Waals surface area contributed by atoms with E-state index >= 15 is 0 Å². The number of pyridine rings is 2.